The lowest BCUT2D eigenvalue weighted by Crippen LogP contribution is -2.37. The average molecular weight is 328 g/mol. The van der Waals surface area contributed by atoms with Gasteiger partial charge >= 0.3 is 0 Å². The van der Waals surface area contributed by atoms with Gasteiger partial charge in [-0.2, -0.15) is 4.98 Å². The van der Waals surface area contributed by atoms with Gasteiger partial charge in [0.25, 0.3) is 5.91 Å². The van der Waals surface area contributed by atoms with E-state index in [9.17, 15) is 9.18 Å². The van der Waals surface area contributed by atoms with Crippen LogP contribution in [0.4, 0.5) is 4.39 Å². The van der Waals surface area contributed by atoms with Crippen molar-refractivity contribution in [3.05, 3.63) is 40.8 Å². The molecule has 2 aromatic rings. The first-order chi connectivity index (χ1) is 10.4. The molecule has 0 aliphatic carbocycles. The Bertz CT molecular complexity index is 677. The third-order valence-corrected chi connectivity index (χ3v) is 3.13. The van der Waals surface area contributed by atoms with Gasteiger partial charge in [-0.05, 0) is 39.0 Å². The molecule has 0 fully saturated rings. The standard InChI is InChI=1S/C14H15ClFN3O3/c1-7(14-18-9(3)19-22-14)17-13(20)8(2)21-12-5-4-10(16)6-11(12)15/h4-8H,1-3H3,(H,17,20)/t7-,8-/m0/s1. The Balaban J connectivity index is 1.97. The number of benzene rings is 1. The van der Waals surface area contributed by atoms with Crippen LogP contribution in [-0.2, 0) is 4.79 Å². The minimum Gasteiger partial charge on any atom is -0.479 e. The topological polar surface area (TPSA) is 77.2 Å². The Kier molecular flexibility index (Phi) is 4.97. The van der Waals surface area contributed by atoms with E-state index in [1.165, 1.54) is 12.1 Å². The lowest BCUT2D eigenvalue weighted by Gasteiger charge is -2.17. The lowest BCUT2D eigenvalue weighted by atomic mass is 10.3. The Hall–Kier alpha value is -2.15. The molecular weight excluding hydrogens is 313 g/mol. The Labute approximate surface area is 131 Å². The highest BCUT2D eigenvalue weighted by Crippen LogP contribution is 2.26. The van der Waals surface area contributed by atoms with E-state index >= 15 is 0 Å². The monoisotopic (exact) mass is 327 g/mol. The molecule has 0 saturated carbocycles. The third-order valence-electron chi connectivity index (χ3n) is 2.84. The van der Waals surface area contributed by atoms with E-state index in [1.54, 1.807) is 20.8 Å². The number of nitrogens with one attached hydrogen (secondary N) is 1. The Morgan fingerprint density at radius 1 is 1.45 bits per heavy atom. The number of halogens is 2. The van der Waals surface area contributed by atoms with Crippen LogP contribution in [0.3, 0.4) is 0 Å². The van der Waals surface area contributed by atoms with E-state index in [0.29, 0.717) is 11.7 Å². The van der Waals surface area contributed by atoms with Crippen molar-refractivity contribution in [2.75, 3.05) is 0 Å². The molecule has 0 spiro atoms. The minimum atomic E-state index is -0.825. The van der Waals surface area contributed by atoms with Crippen LogP contribution in [0.25, 0.3) is 0 Å². The van der Waals surface area contributed by atoms with Gasteiger partial charge in [0.1, 0.15) is 17.6 Å². The number of hydrogen-bond donors (Lipinski definition) is 1. The molecule has 0 unspecified atom stereocenters. The molecule has 1 N–H and O–H groups in total. The van der Waals surface area contributed by atoms with Gasteiger partial charge in [-0.3, -0.25) is 4.79 Å². The number of rotatable bonds is 5. The molecule has 6 nitrogen and oxygen atoms in total. The maximum Gasteiger partial charge on any atom is 0.261 e. The SMILES string of the molecule is Cc1noc([C@H](C)NC(=O)[C@H](C)Oc2ccc(F)cc2Cl)n1. The fourth-order valence-corrected chi connectivity index (χ4v) is 1.91. The van der Waals surface area contributed by atoms with Crippen molar-refractivity contribution in [1.29, 1.82) is 0 Å². The number of carbonyl (C=O) groups excluding carboxylic acids is 1. The van der Waals surface area contributed by atoms with E-state index in [-0.39, 0.29) is 16.7 Å². The summed E-state index contributed by atoms with van der Waals surface area (Å²) in [7, 11) is 0. The Morgan fingerprint density at radius 3 is 2.77 bits per heavy atom. The summed E-state index contributed by atoms with van der Waals surface area (Å²) in [6.07, 6.45) is -0.825. The first kappa shape index (κ1) is 16.2. The molecule has 22 heavy (non-hydrogen) atoms. The maximum absolute atomic E-state index is 13.0. The molecule has 0 saturated heterocycles. The summed E-state index contributed by atoms with van der Waals surface area (Å²) in [5.41, 5.74) is 0. The predicted octanol–water partition coefficient (Wildman–Crippen LogP) is 2.82. The van der Waals surface area contributed by atoms with Crippen LogP contribution in [0, 0.1) is 12.7 Å². The van der Waals surface area contributed by atoms with Gasteiger partial charge in [-0.15, -0.1) is 0 Å². The third kappa shape index (κ3) is 3.94. The minimum absolute atomic E-state index is 0.0974. The zero-order chi connectivity index (χ0) is 16.3. The number of ether oxygens (including phenoxy) is 1. The summed E-state index contributed by atoms with van der Waals surface area (Å²) in [5.74, 6) is 0.155. The molecule has 1 aromatic carbocycles. The van der Waals surface area contributed by atoms with Crippen LogP contribution in [-0.4, -0.2) is 22.2 Å². The van der Waals surface area contributed by atoms with Crippen molar-refractivity contribution in [2.45, 2.75) is 32.9 Å². The summed E-state index contributed by atoms with van der Waals surface area (Å²) in [5, 5.41) is 6.44. The molecule has 2 rings (SSSR count). The summed E-state index contributed by atoms with van der Waals surface area (Å²) in [4.78, 5) is 16.1. The second-order valence-electron chi connectivity index (χ2n) is 4.74. The highest BCUT2D eigenvalue weighted by molar-refractivity contribution is 6.32. The fourth-order valence-electron chi connectivity index (χ4n) is 1.70. The molecule has 0 bridgehead atoms. The van der Waals surface area contributed by atoms with E-state index in [0.717, 1.165) is 6.07 Å². The van der Waals surface area contributed by atoms with Gasteiger partial charge in [0.2, 0.25) is 5.89 Å². The van der Waals surface area contributed by atoms with E-state index in [1.807, 2.05) is 0 Å². The first-order valence-corrected chi connectivity index (χ1v) is 6.97. The van der Waals surface area contributed by atoms with Gasteiger partial charge in [0.05, 0.1) is 5.02 Å². The van der Waals surface area contributed by atoms with Gasteiger partial charge in [-0.25, -0.2) is 4.39 Å². The largest absolute Gasteiger partial charge is 0.479 e. The molecule has 1 heterocycles. The van der Waals surface area contributed by atoms with Crippen molar-refractivity contribution in [2.24, 2.45) is 0 Å². The lowest BCUT2D eigenvalue weighted by molar-refractivity contribution is -0.128. The molecule has 2 atom stereocenters. The summed E-state index contributed by atoms with van der Waals surface area (Å²) in [6.45, 7) is 4.95. The van der Waals surface area contributed by atoms with Crippen LogP contribution in [0.5, 0.6) is 5.75 Å². The van der Waals surface area contributed by atoms with Crippen LogP contribution in [0.1, 0.15) is 31.6 Å². The molecule has 0 radical (unpaired) electrons. The predicted molar refractivity (Wildman–Crippen MR) is 77.1 cm³/mol. The van der Waals surface area contributed by atoms with Crippen LogP contribution in [0.2, 0.25) is 5.02 Å². The van der Waals surface area contributed by atoms with Gasteiger partial charge in [-0.1, -0.05) is 16.8 Å². The van der Waals surface area contributed by atoms with Crippen LogP contribution < -0.4 is 10.1 Å². The van der Waals surface area contributed by atoms with Gasteiger partial charge < -0.3 is 14.6 Å². The number of aromatic nitrogens is 2. The molecule has 118 valence electrons. The second kappa shape index (κ2) is 6.74. The van der Waals surface area contributed by atoms with Crippen molar-refractivity contribution >= 4 is 17.5 Å². The van der Waals surface area contributed by atoms with Crippen molar-refractivity contribution in [3.8, 4) is 5.75 Å². The van der Waals surface area contributed by atoms with Crippen LogP contribution >= 0.6 is 11.6 Å². The summed E-state index contributed by atoms with van der Waals surface area (Å²) >= 11 is 5.85. The van der Waals surface area contributed by atoms with Crippen molar-refractivity contribution in [3.63, 3.8) is 0 Å². The maximum atomic E-state index is 13.0. The molecule has 8 heteroatoms. The first-order valence-electron chi connectivity index (χ1n) is 6.59. The van der Waals surface area contributed by atoms with Crippen molar-refractivity contribution < 1.29 is 18.4 Å². The fraction of sp³-hybridized carbons (Fsp3) is 0.357. The van der Waals surface area contributed by atoms with E-state index in [2.05, 4.69) is 15.5 Å². The smallest absolute Gasteiger partial charge is 0.261 e. The number of aryl methyl sites for hydroxylation is 1. The second-order valence-corrected chi connectivity index (χ2v) is 5.15. The molecule has 0 aliphatic heterocycles. The quantitative estimate of drug-likeness (QED) is 0.913. The van der Waals surface area contributed by atoms with Gasteiger partial charge in [0.15, 0.2) is 11.9 Å². The van der Waals surface area contributed by atoms with E-state index < -0.39 is 18.0 Å². The highest BCUT2D eigenvalue weighted by atomic mass is 35.5. The Morgan fingerprint density at radius 2 is 2.18 bits per heavy atom. The van der Waals surface area contributed by atoms with Crippen LogP contribution in [0.15, 0.2) is 22.7 Å². The van der Waals surface area contributed by atoms with Crippen molar-refractivity contribution in [1.82, 2.24) is 15.5 Å². The highest BCUT2D eigenvalue weighted by Gasteiger charge is 2.21. The summed E-state index contributed by atoms with van der Waals surface area (Å²) < 4.78 is 23.4. The number of amides is 1. The summed E-state index contributed by atoms with van der Waals surface area (Å²) in [6, 6.07) is 3.23. The molecule has 0 aliphatic rings. The normalized spacial score (nSPS) is 13.5. The van der Waals surface area contributed by atoms with E-state index in [4.69, 9.17) is 20.9 Å². The number of hydrogen-bond acceptors (Lipinski definition) is 5. The number of nitrogens with zero attached hydrogens (tertiary/aromatic N) is 2. The molecule has 1 amide bonds. The zero-order valence-electron chi connectivity index (χ0n) is 12.3. The van der Waals surface area contributed by atoms with Gasteiger partial charge in [0, 0.05) is 0 Å². The average Bonchev–Trinajstić information content (AvgIpc) is 2.88. The number of carbonyl (C=O) groups is 1. The zero-order valence-corrected chi connectivity index (χ0v) is 13.0. The molecule has 1 aromatic heterocycles. The molecular formula is C14H15ClFN3O3.